The van der Waals surface area contributed by atoms with Crippen LogP contribution in [0.4, 0.5) is 4.39 Å². The third-order valence-corrected chi connectivity index (χ3v) is 4.38. The summed E-state index contributed by atoms with van der Waals surface area (Å²) in [6, 6.07) is 7.14. The molecule has 3 unspecified atom stereocenters. The van der Waals surface area contributed by atoms with Gasteiger partial charge in [0.2, 0.25) is 0 Å². The second-order valence-electron chi connectivity index (χ2n) is 6.13. The summed E-state index contributed by atoms with van der Waals surface area (Å²) < 4.78 is 14.0. The van der Waals surface area contributed by atoms with E-state index in [0.717, 1.165) is 25.2 Å². The molecule has 0 heterocycles. The lowest BCUT2D eigenvalue weighted by molar-refractivity contribution is 0.195. The Kier molecular flexibility index (Phi) is 7.91. The van der Waals surface area contributed by atoms with Gasteiger partial charge in [-0.25, -0.2) is 4.39 Å². The van der Waals surface area contributed by atoms with Crippen molar-refractivity contribution in [3.8, 4) is 0 Å². The fourth-order valence-corrected chi connectivity index (χ4v) is 2.89. The van der Waals surface area contributed by atoms with Gasteiger partial charge < -0.3 is 10.2 Å². The highest BCUT2D eigenvalue weighted by Crippen LogP contribution is 2.25. The third kappa shape index (κ3) is 5.40. The van der Waals surface area contributed by atoms with Crippen molar-refractivity contribution in [1.82, 2.24) is 10.2 Å². The maximum Gasteiger partial charge on any atom is 0.127 e. The van der Waals surface area contributed by atoms with E-state index in [1.165, 1.54) is 6.42 Å². The van der Waals surface area contributed by atoms with Gasteiger partial charge in [-0.05, 0) is 31.5 Å². The van der Waals surface area contributed by atoms with E-state index in [1.54, 1.807) is 12.1 Å². The second-order valence-corrected chi connectivity index (χ2v) is 6.13. The van der Waals surface area contributed by atoms with Crippen molar-refractivity contribution in [3.63, 3.8) is 0 Å². The lowest BCUT2D eigenvalue weighted by atomic mass is 9.93. The molecule has 0 saturated carbocycles. The fourth-order valence-electron chi connectivity index (χ4n) is 2.89. The van der Waals surface area contributed by atoms with Gasteiger partial charge in [-0.3, -0.25) is 0 Å². The molecule has 1 aromatic carbocycles. The van der Waals surface area contributed by atoms with E-state index >= 15 is 0 Å². The van der Waals surface area contributed by atoms with Crippen LogP contribution in [0.5, 0.6) is 0 Å². The normalized spacial score (nSPS) is 16.0. The van der Waals surface area contributed by atoms with Gasteiger partial charge in [-0.15, -0.1) is 0 Å². The topological polar surface area (TPSA) is 15.3 Å². The van der Waals surface area contributed by atoms with Crippen molar-refractivity contribution in [1.29, 1.82) is 0 Å². The highest BCUT2D eigenvalue weighted by atomic mass is 19.1. The smallest absolute Gasteiger partial charge is 0.127 e. The second kappa shape index (κ2) is 9.16. The van der Waals surface area contributed by atoms with Gasteiger partial charge in [0.15, 0.2) is 0 Å². The molecule has 3 heteroatoms. The van der Waals surface area contributed by atoms with Gasteiger partial charge >= 0.3 is 0 Å². The molecule has 0 spiro atoms. The molecule has 3 atom stereocenters. The minimum Gasteiger partial charge on any atom is -0.313 e. The van der Waals surface area contributed by atoms with E-state index in [-0.39, 0.29) is 11.9 Å². The van der Waals surface area contributed by atoms with E-state index in [2.05, 4.69) is 37.9 Å². The summed E-state index contributed by atoms with van der Waals surface area (Å²) >= 11 is 0. The summed E-state index contributed by atoms with van der Waals surface area (Å²) in [5.41, 5.74) is 0.770. The number of hydrogen-bond acceptors (Lipinski definition) is 2. The fraction of sp³-hybridized carbons (Fsp3) is 0.667. The number of nitrogens with one attached hydrogen (secondary N) is 1. The summed E-state index contributed by atoms with van der Waals surface area (Å²) in [5, 5.41) is 3.29. The number of rotatable bonds is 9. The van der Waals surface area contributed by atoms with Crippen molar-refractivity contribution in [3.05, 3.63) is 35.6 Å². The SMILES string of the molecule is CCC(C)CN(CC)CC(C)C(NC)c1ccccc1F. The average Bonchev–Trinajstić information content (AvgIpc) is 2.49. The van der Waals surface area contributed by atoms with Crippen LogP contribution in [0.1, 0.15) is 45.7 Å². The molecule has 2 nitrogen and oxygen atoms in total. The number of halogens is 1. The minimum atomic E-state index is -0.117. The minimum absolute atomic E-state index is 0.0529. The molecule has 120 valence electrons. The maximum atomic E-state index is 14.0. The standard InChI is InChI=1S/C18H31FN2/c1-6-14(3)12-21(7-2)13-15(4)18(20-5)16-10-8-9-11-17(16)19/h8-11,14-15,18,20H,6-7,12-13H2,1-5H3. The summed E-state index contributed by atoms with van der Waals surface area (Å²) in [5.74, 6) is 0.947. The average molecular weight is 294 g/mol. The van der Waals surface area contributed by atoms with Gasteiger partial charge in [-0.2, -0.15) is 0 Å². The van der Waals surface area contributed by atoms with Crippen LogP contribution >= 0.6 is 0 Å². The van der Waals surface area contributed by atoms with E-state index in [0.29, 0.717) is 11.8 Å². The molecule has 1 aromatic rings. The maximum absolute atomic E-state index is 14.0. The van der Waals surface area contributed by atoms with Crippen molar-refractivity contribution in [2.24, 2.45) is 11.8 Å². The number of hydrogen-bond donors (Lipinski definition) is 1. The van der Waals surface area contributed by atoms with Gasteiger partial charge in [0.1, 0.15) is 5.82 Å². The predicted octanol–water partition coefficient (Wildman–Crippen LogP) is 4.09. The number of nitrogens with zero attached hydrogens (tertiary/aromatic N) is 1. The lowest BCUT2D eigenvalue weighted by Gasteiger charge is -2.31. The molecule has 21 heavy (non-hydrogen) atoms. The molecule has 0 aromatic heterocycles. The Morgan fingerprint density at radius 2 is 1.81 bits per heavy atom. The Morgan fingerprint density at radius 3 is 2.33 bits per heavy atom. The van der Waals surface area contributed by atoms with Crippen LogP contribution in [0.2, 0.25) is 0 Å². The lowest BCUT2D eigenvalue weighted by Crippen LogP contribution is -2.37. The first-order chi connectivity index (χ1) is 10.0. The first-order valence-electron chi connectivity index (χ1n) is 8.17. The van der Waals surface area contributed by atoms with Crippen molar-refractivity contribution < 1.29 is 4.39 Å². The first kappa shape index (κ1) is 18.1. The predicted molar refractivity (Wildman–Crippen MR) is 88.9 cm³/mol. The van der Waals surface area contributed by atoms with Crippen molar-refractivity contribution >= 4 is 0 Å². The van der Waals surface area contributed by atoms with Crippen molar-refractivity contribution in [2.45, 2.75) is 40.2 Å². The van der Waals surface area contributed by atoms with E-state index in [9.17, 15) is 4.39 Å². The molecule has 0 aliphatic carbocycles. The Labute approximate surface area is 129 Å². The van der Waals surface area contributed by atoms with Gasteiger partial charge in [0.05, 0.1) is 0 Å². The van der Waals surface area contributed by atoms with Crippen LogP contribution in [0.3, 0.4) is 0 Å². The summed E-state index contributed by atoms with van der Waals surface area (Å²) in [6.07, 6.45) is 1.20. The highest BCUT2D eigenvalue weighted by Gasteiger charge is 2.22. The van der Waals surface area contributed by atoms with Gasteiger partial charge in [0.25, 0.3) is 0 Å². The zero-order valence-electron chi connectivity index (χ0n) is 14.2. The van der Waals surface area contributed by atoms with Crippen LogP contribution < -0.4 is 5.32 Å². The van der Waals surface area contributed by atoms with Crippen molar-refractivity contribution in [2.75, 3.05) is 26.7 Å². The van der Waals surface area contributed by atoms with E-state index in [1.807, 2.05) is 19.2 Å². The zero-order chi connectivity index (χ0) is 15.8. The molecule has 0 radical (unpaired) electrons. The molecule has 1 rings (SSSR count). The molecule has 0 aliphatic heterocycles. The number of benzene rings is 1. The summed E-state index contributed by atoms with van der Waals surface area (Å²) in [4.78, 5) is 2.48. The Bertz CT molecular complexity index is 408. The van der Waals surface area contributed by atoms with Crippen LogP contribution in [-0.2, 0) is 0 Å². The molecule has 0 fully saturated rings. The molecule has 0 amide bonds. The molecular formula is C18H31FN2. The summed E-state index contributed by atoms with van der Waals surface area (Å²) in [7, 11) is 1.92. The zero-order valence-corrected chi connectivity index (χ0v) is 14.2. The molecule has 0 bridgehead atoms. The highest BCUT2D eigenvalue weighted by molar-refractivity contribution is 5.21. The van der Waals surface area contributed by atoms with Gasteiger partial charge in [0, 0.05) is 24.7 Å². The third-order valence-electron chi connectivity index (χ3n) is 4.38. The molecule has 0 saturated heterocycles. The molecular weight excluding hydrogens is 263 g/mol. The van der Waals surface area contributed by atoms with Crippen LogP contribution in [0.15, 0.2) is 24.3 Å². The van der Waals surface area contributed by atoms with Crippen LogP contribution in [0, 0.1) is 17.7 Å². The monoisotopic (exact) mass is 294 g/mol. The van der Waals surface area contributed by atoms with Crippen LogP contribution in [-0.4, -0.2) is 31.6 Å². The van der Waals surface area contributed by atoms with Gasteiger partial charge in [-0.1, -0.05) is 52.3 Å². The largest absolute Gasteiger partial charge is 0.313 e. The molecule has 0 aliphatic rings. The summed E-state index contributed by atoms with van der Waals surface area (Å²) in [6.45, 7) is 12.1. The molecule has 1 N–H and O–H groups in total. The van der Waals surface area contributed by atoms with E-state index < -0.39 is 0 Å². The Morgan fingerprint density at radius 1 is 1.14 bits per heavy atom. The first-order valence-corrected chi connectivity index (χ1v) is 8.17. The Balaban J connectivity index is 2.74. The quantitative estimate of drug-likeness (QED) is 0.738. The Hall–Kier alpha value is -0.930. The van der Waals surface area contributed by atoms with Crippen LogP contribution in [0.25, 0.3) is 0 Å². The van der Waals surface area contributed by atoms with E-state index in [4.69, 9.17) is 0 Å².